The molecular formula is C28H38O9. The highest BCUT2D eigenvalue weighted by Gasteiger charge is 2.49. The van der Waals surface area contributed by atoms with Crippen LogP contribution in [0.3, 0.4) is 0 Å². The zero-order valence-electron chi connectivity index (χ0n) is 21.3. The van der Waals surface area contributed by atoms with E-state index >= 15 is 0 Å². The van der Waals surface area contributed by atoms with Gasteiger partial charge in [-0.2, -0.15) is 0 Å². The number of hydrogen-bond acceptors (Lipinski definition) is 9. The standard InChI is InChI=1S/C28H38O9/c29-25-21-11-9-19(13-23(21)27(31)36-25)34-17-5-1-15(2-6-17)33-16-3-7-18(8-4-16)35-20-10-12-22-24(14-20)28(32)37-26(22)30/h15-24H,1-14H2. The Morgan fingerprint density at radius 3 is 1.00 bits per heavy atom. The average molecular weight is 519 g/mol. The van der Waals surface area contributed by atoms with E-state index in [1.165, 1.54) is 0 Å². The van der Waals surface area contributed by atoms with Crippen molar-refractivity contribution in [3.8, 4) is 0 Å². The lowest BCUT2D eigenvalue weighted by atomic mass is 9.79. The molecule has 2 saturated heterocycles. The number of rotatable bonds is 6. The van der Waals surface area contributed by atoms with Gasteiger partial charge >= 0.3 is 23.9 Å². The summed E-state index contributed by atoms with van der Waals surface area (Å²) in [4.78, 5) is 47.3. The van der Waals surface area contributed by atoms with Gasteiger partial charge in [-0.05, 0) is 89.9 Å². The lowest BCUT2D eigenvalue weighted by Gasteiger charge is -2.37. The Morgan fingerprint density at radius 2 is 0.649 bits per heavy atom. The zero-order chi connectivity index (χ0) is 25.5. The molecule has 6 aliphatic rings. The summed E-state index contributed by atoms with van der Waals surface area (Å²) in [7, 11) is 0. The summed E-state index contributed by atoms with van der Waals surface area (Å²) < 4.78 is 28.8. The number of carbonyl (C=O) groups is 4. The summed E-state index contributed by atoms with van der Waals surface area (Å²) in [5.41, 5.74) is 0. The second kappa shape index (κ2) is 10.7. The number of fused-ring (bicyclic) bond motifs is 2. The van der Waals surface area contributed by atoms with Crippen LogP contribution in [-0.4, -0.2) is 60.5 Å². The van der Waals surface area contributed by atoms with Crippen molar-refractivity contribution >= 4 is 23.9 Å². The predicted octanol–water partition coefficient (Wildman–Crippen LogP) is 3.40. The predicted molar refractivity (Wildman–Crippen MR) is 127 cm³/mol. The highest BCUT2D eigenvalue weighted by molar-refractivity contribution is 5.97. The van der Waals surface area contributed by atoms with E-state index in [9.17, 15) is 19.2 Å². The number of esters is 4. The van der Waals surface area contributed by atoms with Crippen LogP contribution in [0.4, 0.5) is 0 Å². The van der Waals surface area contributed by atoms with Crippen LogP contribution in [-0.2, 0) is 42.9 Å². The number of hydrogen-bond donors (Lipinski definition) is 0. The van der Waals surface area contributed by atoms with Crippen LogP contribution in [0.1, 0.15) is 89.9 Å². The van der Waals surface area contributed by atoms with Crippen LogP contribution >= 0.6 is 0 Å². The third kappa shape index (κ3) is 5.50. The maximum absolute atomic E-state index is 11.9. The fraction of sp³-hybridized carbons (Fsp3) is 0.857. The van der Waals surface area contributed by atoms with E-state index in [-0.39, 0.29) is 84.2 Å². The Morgan fingerprint density at radius 1 is 0.378 bits per heavy atom. The summed E-state index contributed by atoms with van der Waals surface area (Å²) in [5.74, 6) is -2.61. The van der Waals surface area contributed by atoms with Crippen molar-refractivity contribution in [2.24, 2.45) is 23.7 Å². The lowest BCUT2D eigenvalue weighted by molar-refractivity contribution is -0.155. The molecule has 37 heavy (non-hydrogen) atoms. The molecule has 2 heterocycles. The van der Waals surface area contributed by atoms with Crippen molar-refractivity contribution in [1.29, 1.82) is 0 Å². The monoisotopic (exact) mass is 518 g/mol. The molecule has 4 aliphatic carbocycles. The van der Waals surface area contributed by atoms with E-state index in [1.54, 1.807) is 0 Å². The quantitative estimate of drug-likeness (QED) is 0.385. The van der Waals surface area contributed by atoms with Crippen LogP contribution < -0.4 is 0 Å². The van der Waals surface area contributed by atoms with Crippen molar-refractivity contribution in [3.05, 3.63) is 0 Å². The molecule has 204 valence electrons. The summed E-state index contributed by atoms with van der Waals surface area (Å²) in [6.07, 6.45) is 13.0. The summed E-state index contributed by atoms with van der Waals surface area (Å²) >= 11 is 0. The SMILES string of the molecule is O=C1OC(=O)C2CC(OC3CCC(OC4CCC(OC5CCC6C(=O)OC(=O)C6C5)CC4)CC3)CCC12. The van der Waals surface area contributed by atoms with E-state index in [1.807, 2.05) is 0 Å². The highest BCUT2D eigenvalue weighted by Crippen LogP contribution is 2.41. The molecule has 0 bridgehead atoms. The molecule has 0 N–H and O–H groups in total. The van der Waals surface area contributed by atoms with Gasteiger partial charge in [0.1, 0.15) is 0 Å². The first-order chi connectivity index (χ1) is 17.9. The normalized spacial score (nSPS) is 44.2. The molecule has 6 fully saturated rings. The lowest BCUT2D eigenvalue weighted by Crippen LogP contribution is -2.38. The molecule has 0 amide bonds. The van der Waals surface area contributed by atoms with Crippen LogP contribution in [0.5, 0.6) is 0 Å². The topological polar surface area (TPSA) is 114 Å². The second-order valence-electron chi connectivity index (χ2n) is 12.0. The first kappa shape index (κ1) is 25.4. The third-order valence-corrected chi connectivity index (χ3v) is 9.61. The van der Waals surface area contributed by atoms with Crippen LogP contribution in [0.2, 0.25) is 0 Å². The first-order valence-electron chi connectivity index (χ1n) is 14.4. The number of cyclic esters (lactones) is 4. The van der Waals surface area contributed by atoms with Gasteiger partial charge in [-0.25, -0.2) is 0 Å². The number of ether oxygens (including phenoxy) is 5. The van der Waals surface area contributed by atoms with Crippen molar-refractivity contribution < 1.29 is 42.9 Å². The molecule has 0 aromatic heterocycles. The first-order valence-corrected chi connectivity index (χ1v) is 14.4. The van der Waals surface area contributed by atoms with Gasteiger partial charge in [0.05, 0.1) is 60.3 Å². The summed E-state index contributed by atoms with van der Waals surface area (Å²) in [5, 5.41) is 0. The van der Waals surface area contributed by atoms with Crippen molar-refractivity contribution in [2.45, 2.75) is 127 Å². The van der Waals surface area contributed by atoms with Crippen molar-refractivity contribution in [1.82, 2.24) is 0 Å². The van der Waals surface area contributed by atoms with Gasteiger partial charge < -0.3 is 23.7 Å². The fourth-order valence-electron chi connectivity index (χ4n) is 7.52. The average Bonchev–Trinajstić information content (AvgIpc) is 3.34. The van der Waals surface area contributed by atoms with Gasteiger partial charge in [0.2, 0.25) is 0 Å². The Bertz CT molecular complexity index is 829. The van der Waals surface area contributed by atoms with Gasteiger partial charge in [-0.1, -0.05) is 0 Å². The minimum Gasteiger partial charge on any atom is -0.393 e. The zero-order valence-corrected chi connectivity index (χ0v) is 21.3. The largest absolute Gasteiger partial charge is 0.393 e. The molecule has 6 unspecified atom stereocenters. The minimum absolute atomic E-state index is 0.0345. The smallest absolute Gasteiger partial charge is 0.317 e. The van der Waals surface area contributed by atoms with Gasteiger partial charge in [-0.15, -0.1) is 0 Å². The van der Waals surface area contributed by atoms with Crippen molar-refractivity contribution in [2.75, 3.05) is 0 Å². The molecular weight excluding hydrogens is 480 g/mol. The summed E-state index contributed by atoms with van der Waals surface area (Å²) in [6.45, 7) is 0. The van der Waals surface area contributed by atoms with Gasteiger partial charge in [-0.3, -0.25) is 19.2 Å². The maximum Gasteiger partial charge on any atom is 0.317 e. The van der Waals surface area contributed by atoms with Gasteiger partial charge in [0.15, 0.2) is 0 Å². The molecule has 4 saturated carbocycles. The van der Waals surface area contributed by atoms with E-state index in [0.717, 1.165) is 64.2 Å². The minimum atomic E-state index is -0.372. The molecule has 0 spiro atoms. The highest BCUT2D eigenvalue weighted by atomic mass is 16.6. The third-order valence-electron chi connectivity index (χ3n) is 9.61. The van der Waals surface area contributed by atoms with Crippen LogP contribution in [0.15, 0.2) is 0 Å². The Balaban J connectivity index is 0.875. The maximum atomic E-state index is 11.9. The van der Waals surface area contributed by atoms with E-state index in [0.29, 0.717) is 25.7 Å². The molecule has 0 aromatic rings. The van der Waals surface area contributed by atoms with E-state index in [2.05, 4.69) is 0 Å². The summed E-state index contributed by atoms with van der Waals surface area (Å²) in [6, 6.07) is 0. The van der Waals surface area contributed by atoms with E-state index < -0.39 is 0 Å². The molecule has 6 rings (SSSR count). The van der Waals surface area contributed by atoms with Crippen molar-refractivity contribution in [3.63, 3.8) is 0 Å². The fourth-order valence-corrected chi connectivity index (χ4v) is 7.52. The molecule has 9 nitrogen and oxygen atoms in total. The van der Waals surface area contributed by atoms with Gasteiger partial charge in [0, 0.05) is 0 Å². The molecule has 0 radical (unpaired) electrons. The van der Waals surface area contributed by atoms with Crippen LogP contribution in [0, 0.1) is 23.7 Å². The van der Waals surface area contributed by atoms with Gasteiger partial charge in [0.25, 0.3) is 0 Å². The Kier molecular flexibility index (Phi) is 7.38. The van der Waals surface area contributed by atoms with Crippen LogP contribution in [0.25, 0.3) is 0 Å². The number of carbonyl (C=O) groups excluding carboxylic acids is 4. The Labute approximate surface area is 217 Å². The molecule has 0 aromatic carbocycles. The van der Waals surface area contributed by atoms with E-state index in [4.69, 9.17) is 23.7 Å². The molecule has 6 atom stereocenters. The molecule has 2 aliphatic heterocycles. The second-order valence-corrected chi connectivity index (χ2v) is 12.0. The molecule has 9 heteroatoms. The Hall–Kier alpha value is -1.84.